The van der Waals surface area contributed by atoms with E-state index in [0.29, 0.717) is 49.3 Å². The molecule has 0 aliphatic heterocycles. The molecule has 2 spiro atoms. The van der Waals surface area contributed by atoms with Crippen LogP contribution in [0, 0.1) is 39.3 Å². The fourth-order valence-electron chi connectivity index (χ4n) is 12.2. The van der Waals surface area contributed by atoms with Crippen LogP contribution in [0.25, 0.3) is 0 Å². The molecule has 1 unspecified atom stereocenters. The second-order valence-corrected chi connectivity index (χ2v) is 18.1. The van der Waals surface area contributed by atoms with Crippen molar-refractivity contribution in [2.24, 2.45) is 33.5 Å². The van der Waals surface area contributed by atoms with Gasteiger partial charge in [-0.15, -0.1) is 0 Å². The van der Waals surface area contributed by atoms with Gasteiger partial charge in [0.15, 0.2) is 17.3 Å². The van der Waals surface area contributed by atoms with Gasteiger partial charge in [0.05, 0.1) is 38.9 Å². The summed E-state index contributed by atoms with van der Waals surface area (Å²) in [6.07, 6.45) is 10.8. The number of ether oxygens (including phenoxy) is 2. The molecule has 3 saturated carbocycles. The van der Waals surface area contributed by atoms with Gasteiger partial charge in [0.1, 0.15) is 5.82 Å². The van der Waals surface area contributed by atoms with Gasteiger partial charge in [0.25, 0.3) is 0 Å². The van der Waals surface area contributed by atoms with Crippen LogP contribution in [0.3, 0.4) is 0 Å². The van der Waals surface area contributed by atoms with E-state index in [1.807, 2.05) is 42.5 Å². The van der Waals surface area contributed by atoms with Crippen LogP contribution in [0.4, 0.5) is 4.39 Å². The number of Topliss-reactive ketones (excluding diaryl/α,β-unsaturated/α-hetero) is 1. The number of amides is 1. The highest BCUT2D eigenvalue weighted by Crippen LogP contribution is 2.78. The quantitative estimate of drug-likeness (QED) is 0.190. The Morgan fingerprint density at radius 1 is 0.857 bits per heavy atom. The van der Waals surface area contributed by atoms with Crippen LogP contribution in [-0.4, -0.2) is 59.3 Å². The van der Waals surface area contributed by atoms with Gasteiger partial charge < -0.3 is 24.6 Å². The van der Waals surface area contributed by atoms with Gasteiger partial charge in [-0.25, -0.2) is 4.39 Å². The Hall–Kier alpha value is -3.98. The van der Waals surface area contributed by atoms with E-state index in [1.54, 1.807) is 37.3 Å². The number of hydrogen-bond acceptors (Lipinski definition) is 6. The van der Waals surface area contributed by atoms with E-state index in [2.05, 4.69) is 32.1 Å². The predicted octanol–water partition coefficient (Wildman–Crippen LogP) is 8.47. The largest absolute Gasteiger partial charge is 0.493 e. The second kappa shape index (κ2) is 14.1. The maximum Gasteiger partial charge on any atom is 0.227 e. The predicted molar refractivity (Wildman–Crippen MR) is 214 cm³/mol. The number of aliphatic hydroxyl groups is 2. The zero-order chi connectivity index (χ0) is 39.7. The number of allylic oxidation sites excluding steroid dienone is 4. The van der Waals surface area contributed by atoms with Crippen molar-refractivity contribution in [1.29, 1.82) is 0 Å². The molecule has 3 aromatic carbocycles. The summed E-state index contributed by atoms with van der Waals surface area (Å²) in [5.74, 6) is 0.304. The summed E-state index contributed by atoms with van der Waals surface area (Å²) < 4.78 is 26.2. The third-order valence-electron chi connectivity index (χ3n) is 15.2. The number of ketones is 1. The second-order valence-electron chi connectivity index (χ2n) is 17.7. The topological polar surface area (TPSA) is 96.3 Å². The lowest BCUT2D eigenvalue weighted by molar-refractivity contribution is -0.181. The highest BCUT2D eigenvalue weighted by Gasteiger charge is 2.74. The molecule has 0 aromatic heterocycles. The van der Waals surface area contributed by atoms with Crippen molar-refractivity contribution < 1.29 is 33.7 Å². The SMILES string of the molecule is COc1ccc(CC(=O)N(Cc2ccccc2)C[C@]2(O)CC[C@H]3[C@]45C=C[C@@]6(C=C4C(=O)Cc4c(F)cccc4Cl)CC(O)CC[C@]6(C)[C@H]5CC[C@@]32C)cc1OC. The molecule has 6 aliphatic carbocycles. The van der Waals surface area contributed by atoms with Gasteiger partial charge in [-0.3, -0.25) is 9.59 Å². The summed E-state index contributed by atoms with van der Waals surface area (Å²) in [4.78, 5) is 31.1. The molecule has 0 saturated heterocycles. The Morgan fingerprint density at radius 2 is 1.57 bits per heavy atom. The lowest BCUT2D eigenvalue weighted by Crippen LogP contribution is -2.67. The van der Waals surface area contributed by atoms with Crippen molar-refractivity contribution in [3.63, 3.8) is 0 Å². The molecule has 296 valence electrons. The Bertz CT molecular complexity index is 2080. The molecule has 1 amide bonds. The van der Waals surface area contributed by atoms with Gasteiger partial charge in [0, 0.05) is 45.4 Å². The molecule has 2 N–H and O–H groups in total. The third kappa shape index (κ3) is 5.88. The number of fused-ring (bicyclic) bond motifs is 1. The van der Waals surface area contributed by atoms with E-state index < -0.39 is 33.8 Å². The van der Waals surface area contributed by atoms with Crippen LogP contribution in [0.2, 0.25) is 5.02 Å². The van der Waals surface area contributed by atoms with E-state index in [-0.39, 0.29) is 58.9 Å². The van der Waals surface area contributed by atoms with Crippen molar-refractivity contribution >= 4 is 23.3 Å². The molecule has 0 radical (unpaired) electrons. The Balaban J connectivity index is 1.17. The number of hydrogen-bond donors (Lipinski definition) is 2. The van der Waals surface area contributed by atoms with Crippen LogP contribution in [0.1, 0.15) is 75.5 Å². The lowest BCUT2D eigenvalue weighted by Gasteiger charge is -2.71. The van der Waals surface area contributed by atoms with E-state index in [4.69, 9.17) is 21.1 Å². The number of nitrogens with zero attached hydrogens (tertiary/aromatic N) is 1. The monoisotopic (exact) mass is 781 g/mol. The Labute approximate surface area is 334 Å². The summed E-state index contributed by atoms with van der Waals surface area (Å²) in [7, 11) is 3.15. The lowest BCUT2D eigenvalue weighted by atomic mass is 9.32. The molecule has 56 heavy (non-hydrogen) atoms. The van der Waals surface area contributed by atoms with E-state index in [1.165, 1.54) is 6.07 Å². The smallest absolute Gasteiger partial charge is 0.227 e. The molecule has 7 nitrogen and oxygen atoms in total. The van der Waals surface area contributed by atoms with Crippen molar-refractivity contribution in [2.75, 3.05) is 20.8 Å². The number of benzene rings is 3. The minimum atomic E-state index is -1.26. The number of aliphatic hydroxyl groups excluding tert-OH is 1. The Kier molecular flexibility index (Phi) is 9.81. The zero-order valence-corrected chi connectivity index (χ0v) is 33.6. The van der Waals surface area contributed by atoms with E-state index in [9.17, 15) is 19.8 Å². The van der Waals surface area contributed by atoms with E-state index in [0.717, 1.165) is 30.4 Å². The van der Waals surface area contributed by atoms with Gasteiger partial charge in [-0.2, -0.15) is 0 Å². The number of carbonyl (C=O) groups is 2. The molecule has 8 atom stereocenters. The van der Waals surface area contributed by atoms with Crippen LogP contribution < -0.4 is 9.47 Å². The summed E-state index contributed by atoms with van der Waals surface area (Å²) in [5, 5.41) is 24.4. The van der Waals surface area contributed by atoms with Crippen molar-refractivity contribution in [1.82, 2.24) is 4.90 Å². The maximum atomic E-state index is 15.2. The first-order chi connectivity index (χ1) is 26.7. The van der Waals surface area contributed by atoms with Crippen LogP contribution in [0.15, 0.2) is 90.5 Å². The molecule has 9 rings (SSSR count). The first-order valence-electron chi connectivity index (χ1n) is 20.1. The molecule has 0 heterocycles. The number of halogens is 2. The van der Waals surface area contributed by atoms with E-state index >= 15 is 4.39 Å². The normalized spacial score (nSPS) is 33.9. The number of carbonyl (C=O) groups excluding carboxylic acids is 2. The van der Waals surface area contributed by atoms with Crippen molar-refractivity contribution in [3.8, 4) is 11.5 Å². The third-order valence-corrected chi connectivity index (χ3v) is 15.6. The molecule has 6 aliphatic rings. The van der Waals surface area contributed by atoms with Gasteiger partial charge in [-0.05, 0) is 97.6 Å². The van der Waals surface area contributed by atoms with Gasteiger partial charge in [-0.1, -0.05) is 86.1 Å². The molecule has 3 aromatic rings. The van der Waals surface area contributed by atoms with Crippen LogP contribution >= 0.6 is 11.6 Å². The maximum absolute atomic E-state index is 15.2. The highest BCUT2D eigenvalue weighted by atomic mass is 35.5. The fraction of sp³-hybridized carbons (Fsp3) is 0.489. The summed E-state index contributed by atoms with van der Waals surface area (Å²) in [6.45, 7) is 4.98. The van der Waals surface area contributed by atoms with Crippen LogP contribution in [-0.2, 0) is 29.0 Å². The Morgan fingerprint density at radius 3 is 2.30 bits per heavy atom. The van der Waals surface area contributed by atoms with Crippen molar-refractivity contribution in [2.45, 2.75) is 89.9 Å². The fourth-order valence-corrected chi connectivity index (χ4v) is 12.5. The van der Waals surface area contributed by atoms with Crippen LogP contribution in [0.5, 0.6) is 11.5 Å². The average molecular weight is 782 g/mol. The zero-order valence-electron chi connectivity index (χ0n) is 32.8. The molecule has 2 bridgehead atoms. The minimum absolute atomic E-state index is 0.0834. The van der Waals surface area contributed by atoms with Gasteiger partial charge in [0.2, 0.25) is 5.91 Å². The first kappa shape index (κ1) is 38.9. The van der Waals surface area contributed by atoms with Gasteiger partial charge >= 0.3 is 0 Å². The summed E-state index contributed by atoms with van der Waals surface area (Å²) in [5.41, 5.74) is -0.749. The minimum Gasteiger partial charge on any atom is -0.493 e. The highest BCUT2D eigenvalue weighted by molar-refractivity contribution is 6.31. The molecule has 3 fully saturated rings. The van der Waals surface area contributed by atoms with Crippen molar-refractivity contribution in [3.05, 3.63) is 118 Å². The molecular weight excluding hydrogens is 729 g/mol. The number of methoxy groups -OCH3 is 2. The first-order valence-corrected chi connectivity index (χ1v) is 20.4. The summed E-state index contributed by atoms with van der Waals surface area (Å²) in [6, 6.07) is 19.8. The summed E-state index contributed by atoms with van der Waals surface area (Å²) >= 11 is 6.50. The molecular formula is C47H53ClFNO6. The molecule has 9 heteroatoms. The standard InChI is InChI=1S/C47H53ClFNO6/c1-43-18-15-32(51)26-45(43)21-22-47(34(27-45)37(52)25-33-35(48)11-8-12-36(33)49)40(43)16-19-44(2)41(47)17-20-46(44,54)29-50(28-30-9-6-5-7-10-30)42(53)24-31-13-14-38(55-3)39(23-31)56-4/h5-14,21-23,27,32,40-41,51,54H,15-20,24-26,28-29H2,1-4H3/t32?,40-,41-,43-,44+,45+,46-,47-/m1/s1. The number of rotatable bonds is 11. The average Bonchev–Trinajstić information content (AvgIpc) is 3.45.